The molecule has 1 fully saturated rings. The van der Waals surface area contributed by atoms with Crippen molar-refractivity contribution in [2.24, 2.45) is 0 Å². The van der Waals surface area contributed by atoms with Gasteiger partial charge in [0.2, 0.25) is 17.8 Å². The number of rotatable bonds is 6. The number of benzene rings is 2. The summed E-state index contributed by atoms with van der Waals surface area (Å²) in [5.74, 6) is 1.47. The van der Waals surface area contributed by atoms with E-state index >= 15 is 0 Å². The van der Waals surface area contributed by atoms with Gasteiger partial charge in [-0.15, -0.1) is 0 Å². The smallest absolute Gasteiger partial charge is 0.233 e. The molecule has 0 unspecified atom stereocenters. The molecule has 1 aliphatic heterocycles. The Bertz CT molecular complexity index is 1290. The number of allylic oxidation sites excluding steroid dienone is 1. The van der Waals surface area contributed by atoms with Crippen LogP contribution in [-0.4, -0.2) is 53.1 Å². The summed E-state index contributed by atoms with van der Waals surface area (Å²) < 4.78 is 0. The van der Waals surface area contributed by atoms with E-state index in [-0.39, 0.29) is 0 Å². The number of hydrogen-bond acceptors (Lipinski definition) is 9. The number of anilines is 5. The van der Waals surface area contributed by atoms with E-state index in [1.807, 2.05) is 44.2 Å². The zero-order valence-corrected chi connectivity index (χ0v) is 20.1. The van der Waals surface area contributed by atoms with Crippen LogP contribution in [0.1, 0.15) is 22.3 Å². The Hall–Kier alpha value is -4.47. The fourth-order valence-corrected chi connectivity index (χ4v) is 3.92. The van der Waals surface area contributed by atoms with Crippen LogP contribution in [0.5, 0.6) is 0 Å². The van der Waals surface area contributed by atoms with E-state index < -0.39 is 0 Å². The molecule has 2 aromatic carbocycles. The molecule has 1 aliphatic rings. The van der Waals surface area contributed by atoms with Crippen molar-refractivity contribution in [3.05, 3.63) is 64.7 Å². The van der Waals surface area contributed by atoms with Gasteiger partial charge in [0.05, 0.1) is 17.7 Å². The van der Waals surface area contributed by atoms with E-state index in [4.69, 9.17) is 15.5 Å². The lowest BCUT2D eigenvalue weighted by atomic mass is 10.0. The van der Waals surface area contributed by atoms with E-state index in [0.717, 1.165) is 54.2 Å². The molecule has 2 N–H and O–H groups in total. The van der Waals surface area contributed by atoms with E-state index in [1.165, 1.54) is 6.08 Å². The predicted octanol–water partition coefficient (Wildman–Crippen LogP) is 4.14. The van der Waals surface area contributed by atoms with E-state index in [0.29, 0.717) is 23.4 Å². The molecule has 9 nitrogen and oxygen atoms in total. The van der Waals surface area contributed by atoms with Crippen molar-refractivity contribution in [1.29, 1.82) is 10.5 Å². The summed E-state index contributed by atoms with van der Waals surface area (Å²) in [6.07, 6.45) is 3.26. The number of nitriles is 2. The summed E-state index contributed by atoms with van der Waals surface area (Å²) in [5, 5.41) is 24.5. The van der Waals surface area contributed by atoms with Gasteiger partial charge in [-0.25, -0.2) is 0 Å². The molecule has 0 aliphatic carbocycles. The number of aryl methyl sites for hydroxylation is 2. The number of nitrogens with one attached hydrogen (secondary N) is 2. The molecule has 176 valence electrons. The maximum atomic E-state index is 9.06. The van der Waals surface area contributed by atoms with Crippen LogP contribution in [0.4, 0.5) is 29.2 Å². The molecule has 3 aromatic rings. The average Bonchev–Trinajstić information content (AvgIpc) is 2.86. The summed E-state index contributed by atoms with van der Waals surface area (Å²) in [6, 6.07) is 15.3. The lowest BCUT2D eigenvalue weighted by Gasteiger charge is -2.32. The van der Waals surface area contributed by atoms with Gasteiger partial charge in [-0.3, -0.25) is 0 Å². The SMILES string of the molecule is Cc1cc(C=CC#N)cc(C)c1Nc1nc(Nc2ccc(C#N)cc2)nc(N2CCN(C)CC2)n1. The standard InChI is InChI=1S/C26H27N9/c1-18-15-21(5-4-10-27)16-19(2)23(18)30-25-31-24(29-22-8-6-20(17-28)7-9-22)32-26(33-25)35-13-11-34(3)12-14-35/h4-9,15-16H,11-14H2,1-3H3,(H2,29,30,31,32,33). The van der Waals surface area contributed by atoms with Crippen LogP contribution in [0.3, 0.4) is 0 Å². The highest BCUT2D eigenvalue weighted by Gasteiger charge is 2.19. The molecule has 0 bridgehead atoms. The van der Waals surface area contributed by atoms with E-state index in [2.05, 4.69) is 43.5 Å². The number of likely N-dealkylation sites (N-methyl/N-ethyl adjacent to an activating group) is 1. The number of piperazine rings is 1. The molecule has 0 radical (unpaired) electrons. The second-order valence-corrected chi connectivity index (χ2v) is 8.50. The zero-order chi connectivity index (χ0) is 24.8. The molecule has 4 rings (SSSR count). The van der Waals surface area contributed by atoms with Crippen LogP contribution < -0.4 is 15.5 Å². The first-order chi connectivity index (χ1) is 16.9. The Morgan fingerprint density at radius 1 is 0.886 bits per heavy atom. The summed E-state index contributed by atoms with van der Waals surface area (Å²) in [4.78, 5) is 18.5. The lowest BCUT2D eigenvalue weighted by Crippen LogP contribution is -2.45. The largest absolute Gasteiger partial charge is 0.338 e. The minimum Gasteiger partial charge on any atom is -0.338 e. The number of aromatic nitrogens is 3. The summed E-state index contributed by atoms with van der Waals surface area (Å²) in [5.41, 5.74) is 5.29. The lowest BCUT2D eigenvalue weighted by molar-refractivity contribution is 0.311. The molecule has 1 aromatic heterocycles. The number of nitrogens with zero attached hydrogens (tertiary/aromatic N) is 7. The average molecular weight is 466 g/mol. The minimum absolute atomic E-state index is 0.421. The Morgan fingerprint density at radius 2 is 1.51 bits per heavy atom. The Kier molecular flexibility index (Phi) is 7.20. The fraction of sp³-hybridized carbons (Fsp3) is 0.269. The van der Waals surface area contributed by atoms with Crippen LogP contribution in [0.15, 0.2) is 42.5 Å². The van der Waals surface area contributed by atoms with Crippen molar-refractivity contribution in [3.8, 4) is 12.1 Å². The molecular formula is C26H27N9. The number of hydrogen-bond donors (Lipinski definition) is 2. The Morgan fingerprint density at radius 3 is 2.11 bits per heavy atom. The van der Waals surface area contributed by atoms with Crippen molar-refractivity contribution >= 4 is 35.3 Å². The Balaban J connectivity index is 1.67. The summed E-state index contributed by atoms with van der Waals surface area (Å²) in [7, 11) is 2.11. The molecule has 0 atom stereocenters. The third-order valence-electron chi connectivity index (χ3n) is 5.82. The van der Waals surface area contributed by atoms with Gasteiger partial charge >= 0.3 is 0 Å². The van der Waals surface area contributed by atoms with Gasteiger partial charge in [-0.1, -0.05) is 0 Å². The van der Waals surface area contributed by atoms with E-state index in [1.54, 1.807) is 18.2 Å². The van der Waals surface area contributed by atoms with Gasteiger partial charge in [0.1, 0.15) is 0 Å². The fourth-order valence-electron chi connectivity index (χ4n) is 3.92. The highest BCUT2D eigenvalue weighted by atomic mass is 15.4. The van der Waals surface area contributed by atoms with Gasteiger partial charge in [0, 0.05) is 43.6 Å². The van der Waals surface area contributed by atoms with Gasteiger partial charge in [-0.2, -0.15) is 25.5 Å². The van der Waals surface area contributed by atoms with Crippen molar-refractivity contribution < 1.29 is 0 Å². The van der Waals surface area contributed by atoms with Crippen LogP contribution in [-0.2, 0) is 0 Å². The van der Waals surface area contributed by atoms with Crippen molar-refractivity contribution in [2.75, 3.05) is 48.8 Å². The normalized spacial score (nSPS) is 13.9. The second kappa shape index (κ2) is 10.6. The van der Waals surface area contributed by atoms with Gasteiger partial charge in [0.25, 0.3) is 0 Å². The maximum absolute atomic E-state index is 9.06. The molecular weight excluding hydrogens is 438 g/mol. The third kappa shape index (κ3) is 5.91. The first-order valence-electron chi connectivity index (χ1n) is 11.4. The maximum Gasteiger partial charge on any atom is 0.233 e. The molecule has 0 spiro atoms. The van der Waals surface area contributed by atoms with Gasteiger partial charge in [-0.05, 0) is 80.1 Å². The van der Waals surface area contributed by atoms with Crippen LogP contribution in [0.25, 0.3) is 6.08 Å². The summed E-state index contributed by atoms with van der Waals surface area (Å²) in [6.45, 7) is 7.54. The summed E-state index contributed by atoms with van der Waals surface area (Å²) >= 11 is 0. The van der Waals surface area contributed by atoms with Crippen molar-refractivity contribution in [1.82, 2.24) is 19.9 Å². The topological polar surface area (TPSA) is 117 Å². The predicted molar refractivity (Wildman–Crippen MR) is 138 cm³/mol. The van der Waals surface area contributed by atoms with Gasteiger partial charge in [0.15, 0.2) is 0 Å². The Labute approximate surface area is 205 Å². The van der Waals surface area contributed by atoms with Crippen LogP contribution in [0.2, 0.25) is 0 Å². The quantitative estimate of drug-likeness (QED) is 0.518. The zero-order valence-electron chi connectivity index (χ0n) is 20.1. The monoisotopic (exact) mass is 465 g/mol. The van der Waals surface area contributed by atoms with Crippen molar-refractivity contribution in [3.63, 3.8) is 0 Å². The molecule has 1 saturated heterocycles. The van der Waals surface area contributed by atoms with Gasteiger partial charge < -0.3 is 20.4 Å². The first kappa shape index (κ1) is 23.7. The molecule has 9 heteroatoms. The third-order valence-corrected chi connectivity index (χ3v) is 5.82. The van der Waals surface area contributed by atoms with Crippen molar-refractivity contribution in [2.45, 2.75) is 13.8 Å². The highest BCUT2D eigenvalue weighted by Crippen LogP contribution is 2.27. The molecule has 0 amide bonds. The molecule has 35 heavy (non-hydrogen) atoms. The molecule has 2 heterocycles. The second-order valence-electron chi connectivity index (χ2n) is 8.50. The van der Waals surface area contributed by atoms with Crippen LogP contribution in [0, 0.1) is 36.5 Å². The highest BCUT2D eigenvalue weighted by molar-refractivity contribution is 5.69. The van der Waals surface area contributed by atoms with E-state index in [9.17, 15) is 0 Å². The first-order valence-corrected chi connectivity index (χ1v) is 11.4. The molecule has 0 saturated carbocycles. The van der Waals surface area contributed by atoms with Crippen LogP contribution >= 0.6 is 0 Å². The minimum atomic E-state index is 0.421.